The number of ether oxygens (including phenoxy) is 2. The third-order valence-electron chi connectivity index (χ3n) is 2.96. The lowest BCUT2D eigenvalue weighted by Crippen LogP contribution is -2.16. The predicted octanol–water partition coefficient (Wildman–Crippen LogP) is 2.74. The maximum absolute atomic E-state index is 5.77. The van der Waals surface area contributed by atoms with Crippen molar-refractivity contribution in [2.24, 2.45) is 0 Å². The molecule has 100 valence electrons. The van der Waals surface area contributed by atoms with Crippen molar-refractivity contribution < 1.29 is 9.47 Å². The van der Waals surface area contributed by atoms with E-state index in [4.69, 9.17) is 9.47 Å². The molecule has 1 aliphatic rings. The predicted molar refractivity (Wildman–Crippen MR) is 72.9 cm³/mol. The summed E-state index contributed by atoms with van der Waals surface area (Å²) in [7, 11) is 0. The summed E-state index contributed by atoms with van der Waals surface area (Å²) >= 11 is 0. The highest BCUT2D eigenvalue weighted by Gasteiger charge is 2.20. The van der Waals surface area contributed by atoms with Crippen molar-refractivity contribution in [1.29, 1.82) is 0 Å². The molecule has 0 spiro atoms. The zero-order valence-electron chi connectivity index (χ0n) is 11.2. The van der Waals surface area contributed by atoms with Gasteiger partial charge in [-0.1, -0.05) is 25.1 Å². The molecule has 0 atom stereocenters. The Morgan fingerprint density at radius 1 is 1.17 bits per heavy atom. The maximum atomic E-state index is 5.77. The lowest BCUT2D eigenvalue weighted by molar-refractivity contribution is 0.100. The summed E-state index contributed by atoms with van der Waals surface area (Å²) < 4.78 is 11.2. The summed E-state index contributed by atoms with van der Waals surface area (Å²) in [6.07, 6.45) is 3.68. The van der Waals surface area contributed by atoms with Gasteiger partial charge in [-0.3, -0.25) is 0 Å². The van der Waals surface area contributed by atoms with Gasteiger partial charge in [0.1, 0.15) is 12.4 Å². The molecule has 1 fully saturated rings. The van der Waals surface area contributed by atoms with Crippen LogP contribution in [0.3, 0.4) is 0 Å². The molecule has 1 saturated carbocycles. The summed E-state index contributed by atoms with van der Waals surface area (Å²) in [5, 5.41) is 3.51. The Balaban J connectivity index is 1.74. The van der Waals surface area contributed by atoms with Crippen LogP contribution in [-0.2, 0) is 11.3 Å². The molecule has 0 amide bonds. The molecule has 0 saturated heterocycles. The molecular weight excluding hydrogens is 226 g/mol. The van der Waals surface area contributed by atoms with Crippen molar-refractivity contribution in [3.8, 4) is 5.75 Å². The summed E-state index contributed by atoms with van der Waals surface area (Å²) in [6.45, 7) is 5.11. The minimum absolute atomic E-state index is 0.625. The van der Waals surface area contributed by atoms with Gasteiger partial charge in [0.05, 0.1) is 6.61 Å². The Morgan fingerprint density at radius 2 is 2.00 bits per heavy atom. The number of para-hydroxylation sites is 1. The van der Waals surface area contributed by atoms with E-state index in [2.05, 4.69) is 24.4 Å². The van der Waals surface area contributed by atoms with Crippen LogP contribution in [0.15, 0.2) is 24.3 Å². The second-order valence-corrected chi connectivity index (χ2v) is 4.72. The van der Waals surface area contributed by atoms with Gasteiger partial charge in [-0.25, -0.2) is 0 Å². The lowest BCUT2D eigenvalue weighted by atomic mass is 10.2. The minimum atomic E-state index is 0.625. The molecule has 3 nitrogen and oxygen atoms in total. The van der Waals surface area contributed by atoms with Crippen molar-refractivity contribution in [2.45, 2.75) is 38.8 Å². The molecule has 1 aromatic carbocycles. The van der Waals surface area contributed by atoms with E-state index in [0.29, 0.717) is 13.2 Å². The van der Waals surface area contributed by atoms with Gasteiger partial charge in [0, 0.05) is 24.8 Å². The second-order valence-electron chi connectivity index (χ2n) is 4.72. The summed E-state index contributed by atoms with van der Waals surface area (Å²) in [5.41, 5.74) is 1.24. The van der Waals surface area contributed by atoms with Crippen molar-refractivity contribution in [1.82, 2.24) is 5.32 Å². The zero-order valence-corrected chi connectivity index (χ0v) is 11.2. The number of rotatable bonds is 9. The first-order chi connectivity index (χ1) is 8.90. The topological polar surface area (TPSA) is 30.5 Å². The van der Waals surface area contributed by atoms with E-state index in [1.54, 1.807) is 0 Å². The highest BCUT2D eigenvalue weighted by Crippen LogP contribution is 2.22. The van der Waals surface area contributed by atoms with E-state index < -0.39 is 0 Å². The van der Waals surface area contributed by atoms with E-state index >= 15 is 0 Å². The van der Waals surface area contributed by atoms with Crippen molar-refractivity contribution >= 4 is 0 Å². The third kappa shape index (κ3) is 4.67. The molecule has 0 unspecified atom stereocenters. The molecule has 0 heterocycles. The SMILES string of the molecule is CCCOCCOc1ccccc1CNC1CC1. The quantitative estimate of drug-likeness (QED) is 0.683. The Bertz CT molecular complexity index is 350. The van der Waals surface area contributed by atoms with Crippen molar-refractivity contribution in [3.05, 3.63) is 29.8 Å². The average molecular weight is 249 g/mol. The highest BCUT2D eigenvalue weighted by molar-refractivity contribution is 5.33. The van der Waals surface area contributed by atoms with Crippen LogP contribution >= 0.6 is 0 Å². The van der Waals surface area contributed by atoms with Crippen molar-refractivity contribution in [3.63, 3.8) is 0 Å². The first-order valence-electron chi connectivity index (χ1n) is 6.92. The normalized spacial score (nSPS) is 14.7. The number of hydrogen-bond acceptors (Lipinski definition) is 3. The number of benzene rings is 1. The largest absolute Gasteiger partial charge is 0.491 e. The Kier molecular flexibility index (Phi) is 5.49. The fourth-order valence-corrected chi connectivity index (χ4v) is 1.79. The molecule has 1 aliphatic carbocycles. The smallest absolute Gasteiger partial charge is 0.123 e. The van der Waals surface area contributed by atoms with E-state index in [-0.39, 0.29) is 0 Å². The molecule has 0 aromatic heterocycles. The fraction of sp³-hybridized carbons (Fsp3) is 0.600. The first-order valence-corrected chi connectivity index (χ1v) is 6.92. The summed E-state index contributed by atoms with van der Waals surface area (Å²) in [6, 6.07) is 8.96. The number of hydrogen-bond donors (Lipinski definition) is 1. The average Bonchev–Trinajstić information content (AvgIpc) is 3.21. The molecule has 1 N–H and O–H groups in total. The first kappa shape index (κ1) is 13.4. The van der Waals surface area contributed by atoms with Gasteiger partial charge < -0.3 is 14.8 Å². The fourth-order valence-electron chi connectivity index (χ4n) is 1.79. The molecule has 0 radical (unpaired) electrons. The molecule has 0 bridgehead atoms. The number of nitrogens with one attached hydrogen (secondary N) is 1. The second kappa shape index (κ2) is 7.39. The highest BCUT2D eigenvalue weighted by atomic mass is 16.5. The van der Waals surface area contributed by atoms with E-state index in [0.717, 1.165) is 31.4 Å². The van der Waals surface area contributed by atoms with Gasteiger partial charge in [0.2, 0.25) is 0 Å². The Hall–Kier alpha value is -1.06. The van der Waals surface area contributed by atoms with Crippen LogP contribution in [0.4, 0.5) is 0 Å². The van der Waals surface area contributed by atoms with Crippen LogP contribution < -0.4 is 10.1 Å². The molecule has 18 heavy (non-hydrogen) atoms. The van der Waals surface area contributed by atoms with Gasteiger partial charge in [-0.05, 0) is 25.3 Å². The van der Waals surface area contributed by atoms with Gasteiger partial charge >= 0.3 is 0 Å². The Labute approximate surface area is 109 Å². The minimum Gasteiger partial charge on any atom is -0.491 e. The summed E-state index contributed by atoms with van der Waals surface area (Å²) in [5.74, 6) is 0.978. The van der Waals surface area contributed by atoms with Gasteiger partial charge in [0.25, 0.3) is 0 Å². The van der Waals surface area contributed by atoms with E-state index in [9.17, 15) is 0 Å². The molecule has 0 aliphatic heterocycles. The molecule has 3 heteroatoms. The summed E-state index contributed by atoms with van der Waals surface area (Å²) in [4.78, 5) is 0. The Morgan fingerprint density at radius 3 is 2.78 bits per heavy atom. The van der Waals surface area contributed by atoms with Crippen LogP contribution in [0.5, 0.6) is 5.75 Å². The monoisotopic (exact) mass is 249 g/mol. The maximum Gasteiger partial charge on any atom is 0.123 e. The van der Waals surface area contributed by atoms with Crippen LogP contribution in [0.25, 0.3) is 0 Å². The molecular formula is C15H23NO2. The lowest BCUT2D eigenvalue weighted by Gasteiger charge is -2.12. The van der Waals surface area contributed by atoms with E-state index in [1.165, 1.54) is 18.4 Å². The molecule has 2 rings (SSSR count). The van der Waals surface area contributed by atoms with Crippen LogP contribution in [-0.4, -0.2) is 25.9 Å². The van der Waals surface area contributed by atoms with Crippen LogP contribution in [0.1, 0.15) is 31.7 Å². The van der Waals surface area contributed by atoms with Gasteiger partial charge in [0.15, 0.2) is 0 Å². The van der Waals surface area contributed by atoms with Crippen LogP contribution in [0.2, 0.25) is 0 Å². The molecule has 1 aromatic rings. The third-order valence-corrected chi connectivity index (χ3v) is 2.96. The zero-order chi connectivity index (χ0) is 12.6. The van der Waals surface area contributed by atoms with Gasteiger partial charge in [-0.15, -0.1) is 0 Å². The van der Waals surface area contributed by atoms with Gasteiger partial charge in [-0.2, -0.15) is 0 Å². The van der Waals surface area contributed by atoms with Crippen LogP contribution in [0, 0.1) is 0 Å². The standard InChI is InChI=1S/C15H23NO2/c1-2-9-17-10-11-18-15-6-4-3-5-13(15)12-16-14-7-8-14/h3-6,14,16H,2,7-12H2,1H3. The van der Waals surface area contributed by atoms with E-state index in [1.807, 2.05) is 12.1 Å². The van der Waals surface area contributed by atoms with Crippen molar-refractivity contribution in [2.75, 3.05) is 19.8 Å².